The Bertz CT molecular complexity index is 1270. The normalized spacial score (nSPS) is 17.4. The van der Waals surface area contributed by atoms with Gasteiger partial charge in [0, 0.05) is 48.8 Å². The van der Waals surface area contributed by atoms with E-state index in [1.165, 1.54) is 6.20 Å². The molecule has 4 rings (SSSR count). The zero-order chi connectivity index (χ0) is 23.4. The van der Waals surface area contributed by atoms with Crippen molar-refractivity contribution >= 4 is 34.7 Å². The zero-order valence-corrected chi connectivity index (χ0v) is 17.6. The first-order chi connectivity index (χ1) is 15.9. The fourth-order valence-corrected chi connectivity index (χ4v) is 3.87. The van der Waals surface area contributed by atoms with Crippen LogP contribution >= 0.6 is 0 Å². The second-order valence-corrected chi connectivity index (χ2v) is 7.90. The molecule has 1 fully saturated rings. The number of carbonyl (C=O) groups is 2. The molecule has 0 radical (unpaired) electrons. The van der Waals surface area contributed by atoms with E-state index in [4.69, 9.17) is 5.26 Å². The minimum Gasteiger partial charge on any atom is -0.320 e. The van der Waals surface area contributed by atoms with Crippen molar-refractivity contribution in [1.29, 1.82) is 5.26 Å². The number of aromatic nitrogens is 2. The number of alkyl halides is 2. The number of nitrogens with zero attached hydrogens (tertiary/aromatic N) is 4. The molecule has 2 aromatic heterocycles. The lowest BCUT2D eigenvalue weighted by Crippen LogP contribution is -2.36. The van der Waals surface area contributed by atoms with Gasteiger partial charge in [-0.15, -0.1) is 0 Å². The standard InChI is InChI=1S/C25H20F2N4O2/c26-25(27)14-19(15-28)31(16-25)24(33)6-5-23(32)20-9-12-30-22-4-3-18(13-21(20)22)2-1-17-7-10-29-11-8-17/h1-4,7-13,19H,5-6,14,16H2/b2-1+/t19-/m0/s1. The highest BCUT2D eigenvalue weighted by molar-refractivity contribution is 6.08. The fourth-order valence-electron chi connectivity index (χ4n) is 3.87. The van der Waals surface area contributed by atoms with Crippen LogP contribution in [0.2, 0.25) is 0 Å². The summed E-state index contributed by atoms with van der Waals surface area (Å²) >= 11 is 0. The van der Waals surface area contributed by atoms with Gasteiger partial charge in [-0.05, 0) is 41.5 Å². The average molecular weight is 446 g/mol. The third-order valence-corrected chi connectivity index (χ3v) is 5.55. The monoisotopic (exact) mass is 446 g/mol. The summed E-state index contributed by atoms with van der Waals surface area (Å²) in [5.41, 5.74) is 2.90. The number of nitriles is 1. The summed E-state index contributed by atoms with van der Waals surface area (Å²) in [6.07, 6.45) is 7.71. The van der Waals surface area contributed by atoms with E-state index >= 15 is 0 Å². The molecule has 1 aromatic carbocycles. The largest absolute Gasteiger partial charge is 0.320 e. The van der Waals surface area contributed by atoms with E-state index in [1.54, 1.807) is 24.5 Å². The highest BCUT2D eigenvalue weighted by Crippen LogP contribution is 2.32. The predicted octanol–water partition coefficient (Wildman–Crippen LogP) is 4.52. The van der Waals surface area contributed by atoms with E-state index in [1.807, 2.05) is 42.5 Å². The molecule has 6 nitrogen and oxygen atoms in total. The highest BCUT2D eigenvalue weighted by Gasteiger charge is 2.47. The molecule has 1 saturated heterocycles. The van der Waals surface area contributed by atoms with Gasteiger partial charge in [0.25, 0.3) is 5.92 Å². The first kappa shape index (κ1) is 22.2. The molecule has 0 saturated carbocycles. The van der Waals surface area contributed by atoms with Crippen LogP contribution in [0.25, 0.3) is 23.1 Å². The number of pyridine rings is 2. The number of fused-ring (bicyclic) bond motifs is 1. The maximum absolute atomic E-state index is 13.6. The molecule has 1 aliphatic rings. The number of carbonyl (C=O) groups excluding carboxylic acids is 2. The number of rotatable bonds is 6. The lowest BCUT2D eigenvalue weighted by atomic mass is 10.00. The lowest BCUT2D eigenvalue weighted by Gasteiger charge is -2.18. The zero-order valence-electron chi connectivity index (χ0n) is 17.6. The summed E-state index contributed by atoms with van der Waals surface area (Å²) in [7, 11) is 0. The number of hydrogen-bond acceptors (Lipinski definition) is 5. The Morgan fingerprint density at radius 2 is 1.85 bits per heavy atom. The van der Waals surface area contributed by atoms with Crippen molar-refractivity contribution in [3.63, 3.8) is 0 Å². The average Bonchev–Trinajstić information content (AvgIpc) is 3.15. The van der Waals surface area contributed by atoms with Gasteiger partial charge in [-0.2, -0.15) is 5.26 Å². The highest BCUT2D eigenvalue weighted by atomic mass is 19.3. The second-order valence-electron chi connectivity index (χ2n) is 7.90. The summed E-state index contributed by atoms with van der Waals surface area (Å²) in [5.74, 6) is -3.99. The molecule has 3 heterocycles. The minimum absolute atomic E-state index is 0.144. The van der Waals surface area contributed by atoms with Crippen molar-refractivity contribution in [2.45, 2.75) is 31.2 Å². The van der Waals surface area contributed by atoms with E-state index in [9.17, 15) is 18.4 Å². The van der Waals surface area contributed by atoms with Gasteiger partial charge in [0.2, 0.25) is 5.91 Å². The number of halogens is 2. The number of ketones is 1. The van der Waals surface area contributed by atoms with Gasteiger partial charge in [0.05, 0.1) is 18.1 Å². The van der Waals surface area contributed by atoms with Crippen LogP contribution in [0.4, 0.5) is 8.78 Å². The minimum atomic E-state index is -3.08. The Kier molecular flexibility index (Phi) is 6.22. The van der Waals surface area contributed by atoms with Crippen LogP contribution in [0.3, 0.4) is 0 Å². The first-order valence-electron chi connectivity index (χ1n) is 10.4. The molecule has 1 atom stereocenters. The Labute approximate surface area is 189 Å². The van der Waals surface area contributed by atoms with Crippen molar-refractivity contribution in [1.82, 2.24) is 14.9 Å². The SMILES string of the molecule is N#C[C@@H]1CC(F)(F)CN1C(=O)CCC(=O)c1ccnc2ccc(/C=C/c3ccncc3)cc12. The van der Waals surface area contributed by atoms with E-state index in [0.29, 0.717) is 16.5 Å². The van der Waals surface area contributed by atoms with Crippen LogP contribution in [0.5, 0.6) is 0 Å². The summed E-state index contributed by atoms with van der Waals surface area (Å²) in [6.45, 7) is -0.788. The smallest absolute Gasteiger partial charge is 0.268 e. The summed E-state index contributed by atoms with van der Waals surface area (Å²) in [6, 6.07) is 11.5. The molecule has 0 spiro atoms. The maximum Gasteiger partial charge on any atom is 0.268 e. The van der Waals surface area contributed by atoms with Gasteiger partial charge in [0.15, 0.2) is 5.78 Å². The molecule has 166 valence electrons. The van der Waals surface area contributed by atoms with Gasteiger partial charge in [-0.1, -0.05) is 18.2 Å². The molecule has 33 heavy (non-hydrogen) atoms. The molecule has 0 aliphatic carbocycles. The lowest BCUT2D eigenvalue weighted by molar-refractivity contribution is -0.132. The van der Waals surface area contributed by atoms with Crippen LogP contribution in [0.15, 0.2) is 55.0 Å². The van der Waals surface area contributed by atoms with Crippen molar-refractivity contribution < 1.29 is 18.4 Å². The number of Topliss-reactive ketones (excluding diaryl/α,β-unsaturated/α-hetero) is 1. The summed E-state index contributed by atoms with van der Waals surface area (Å²) in [5, 5.41) is 9.72. The molecule has 8 heteroatoms. The van der Waals surface area contributed by atoms with E-state index in [-0.39, 0.29) is 18.6 Å². The third kappa shape index (κ3) is 5.09. The maximum atomic E-state index is 13.6. The molecule has 0 bridgehead atoms. The van der Waals surface area contributed by atoms with Crippen LogP contribution < -0.4 is 0 Å². The molecule has 3 aromatic rings. The fraction of sp³-hybridized carbons (Fsp3) is 0.240. The Morgan fingerprint density at radius 3 is 2.61 bits per heavy atom. The predicted molar refractivity (Wildman–Crippen MR) is 119 cm³/mol. The number of benzene rings is 1. The van der Waals surface area contributed by atoms with Crippen LogP contribution in [-0.4, -0.2) is 45.1 Å². The summed E-state index contributed by atoms with van der Waals surface area (Å²) < 4.78 is 27.2. The topological polar surface area (TPSA) is 87.0 Å². The molecular weight excluding hydrogens is 426 g/mol. The Hall–Kier alpha value is -3.99. The van der Waals surface area contributed by atoms with Gasteiger partial charge < -0.3 is 4.90 Å². The molecule has 1 aliphatic heterocycles. The van der Waals surface area contributed by atoms with Crippen molar-refractivity contribution in [3.05, 3.63) is 71.7 Å². The Balaban J connectivity index is 1.50. The molecular formula is C25H20F2N4O2. The van der Waals surface area contributed by atoms with Crippen LogP contribution in [-0.2, 0) is 4.79 Å². The number of amides is 1. The molecule has 0 N–H and O–H groups in total. The second kappa shape index (κ2) is 9.25. The summed E-state index contributed by atoms with van der Waals surface area (Å²) in [4.78, 5) is 34.5. The van der Waals surface area contributed by atoms with Crippen LogP contribution in [0.1, 0.15) is 40.7 Å². The molecule has 1 amide bonds. The number of hydrogen-bond donors (Lipinski definition) is 0. The first-order valence-corrected chi connectivity index (χ1v) is 10.4. The van der Waals surface area contributed by atoms with Crippen molar-refractivity contribution in [3.8, 4) is 6.07 Å². The van der Waals surface area contributed by atoms with Gasteiger partial charge >= 0.3 is 0 Å². The third-order valence-electron chi connectivity index (χ3n) is 5.55. The van der Waals surface area contributed by atoms with Crippen molar-refractivity contribution in [2.24, 2.45) is 0 Å². The van der Waals surface area contributed by atoms with Gasteiger partial charge in [0.1, 0.15) is 6.04 Å². The van der Waals surface area contributed by atoms with E-state index in [2.05, 4.69) is 9.97 Å². The van der Waals surface area contributed by atoms with Gasteiger partial charge in [-0.25, -0.2) is 8.78 Å². The van der Waals surface area contributed by atoms with E-state index in [0.717, 1.165) is 16.0 Å². The number of likely N-dealkylation sites (tertiary alicyclic amines) is 1. The van der Waals surface area contributed by atoms with E-state index < -0.39 is 30.8 Å². The molecule has 0 unspecified atom stereocenters. The van der Waals surface area contributed by atoms with Crippen molar-refractivity contribution in [2.75, 3.05) is 6.54 Å². The Morgan fingerprint density at radius 1 is 1.09 bits per heavy atom. The van der Waals surface area contributed by atoms with Gasteiger partial charge in [-0.3, -0.25) is 19.6 Å². The quantitative estimate of drug-likeness (QED) is 0.520. The van der Waals surface area contributed by atoms with Crippen LogP contribution in [0, 0.1) is 11.3 Å².